The quantitative estimate of drug-likeness (QED) is 0.598. The lowest BCUT2D eigenvalue weighted by Gasteiger charge is -2.17. The summed E-state index contributed by atoms with van der Waals surface area (Å²) in [7, 11) is -3.56. The van der Waals surface area contributed by atoms with Crippen molar-refractivity contribution in [1.29, 1.82) is 0 Å². The molecule has 2 aromatic rings. The van der Waals surface area contributed by atoms with Crippen LogP contribution in [0.4, 0.5) is 0 Å². The first-order valence-corrected chi connectivity index (χ1v) is 9.55. The van der Waals surface area contributed by atoms with E-state index in [4.69, 9.17) is 0 Å². The van der Waals surface area contributed by atoms with Crippen molar-refractivity contribution in [3.05, 3.63) is 54.1 Å². The van der Waals surface area contributed by atoms with Crippen molar-refractivity contribution < 1.29 is 13.2 Å². The van der Waals surface area contributed by atoms with Crippen LogP contribution in [0.1, 0.15) is 38.1 Å². The van der Waals surface area contributed by atoms with Crippen LogP contribution in [-0.4, -0.2) is 18.9 Å². The molecule has 0 saturated carbocycles. The molecule has 0 radical (unpaired) electrons. The Labute approximate surface area is 142 Å². The number of Topliss-reactive ketones (excluding diaryl/α,β-unsaturated/α-hetero) is 1. The molecule has 0 saturated heterocycles. The number of sulfone groups is 1. The molecular weight excluding hydrogens is 328 g/mol. The number of hydrogen-bond acceptors (Lipinski definition) is 4. The maximum absolute atomic E-state index is 12.6. The number of hydrogen-bond donors (Lipinski definition) is 0. The Morgan fingerprint density at radius 1 is 0.870 bits per heavy atom. The summed E-state index contributed by atoms with van der Waals surface area (Å²) in [5.41, 5.74) is 0.501. The van der Waals surface area contributed by atoms with E-state index < -0.39 is 9.84 Å². The highest BCUT2D eigenvalue weighted by Gasteiger charge is 2.18. The first-order valence-electron chi connectivity index (χ1n) is 7.25. The molecule has 5 heteroatoms. The molecule has 23 heavy (non-hydrogen) atoms. The predicted molar refractivity (Wildman–Crippen MR) is 94.0 cm³/mol. The van der Waals surface area contributed by atoms with Crippen molar-refractivity contribution in [3.8, 4) is 0 Å². The molecule has 0 aliphatic rings. The second kappa shape index (κ2) is 6.49. The van der Waals surface area contributed by atoms with Crippen molar-refractivity contribution in [2.75, 3.05) is 0 Å². The second-order valence-electron chi connectivity index (χ2n) is 6.27. The normalized spacial score (nSPS) is 12.2. The highest BCUT2D eigenvalue weighted by atomic mass is 32.2. The van der Waals surface area contributed by atoms with Gasteiger partial charge in [0.15, 0.2) is 5.78 Å². The van der Waals surface area contributed by atoms with Crippen molar-refractivity contribution in [1.82, 2.24) is 0 Å². The molecular formula is C18H20O3S2. The SMILES string of the molecule is CC(=O)c1ccc(S(=O)(=O)c2ccc(SC(C)(C)C)cc2)cc1. The molecule has 0 N–H and O–H groups in total. The van der Waals surface area contributed by atoms with Crippen LogP contribution in [-0.2, 0) is 9.84 Å². The van der Waals surface area contributed by atoms with E-state index in [1.54, 1.807) is 36.0 Å². The summed E-state index contributed by atoms with van der Waals surface area (Å²) in [6.07, 6.45) is 0. The molecule has 0 atom stereocenters. The maximum atomic E-state index is 12.6. The topological polar surface area (TPSA) is 51.2 Å². The van der Waals surface area contributed by atoms with Gasteiger partial charge in [-0.2, -0.15) is 0 Å². The van der Waals surface area contributed by atoms with Gasteiger partial charge in [0.1, 0.15) is 0 Å². The van der Waals surface area contributed by atoms with Crippen LogP contribution in [0.3, 0.4) is 0 Å². The Balaban J connectivity index is 2.30. The van der Waals surface area contributed by atoms with Crippen molar-refractivity contribution in [2.45, 2.75) is 47.1 Å². The molecule has 0 heterocycles. The third-order valence-corrected chi connectivity index (χ3v) is 6.03. The number of benzene rings is 2. The average molecular weight is 348 g/mol. The van der Waals surface area contributed by atoms with E-state index in [9.17, 15) is 13.2 Å². The fourth-order valence-electron chi connectivity index (χ4n) is 2.05. The van der Waals surface area contributed by atoms with Crippen LogP contribution in [0.15, 0.2) is 63.2 Å². The number of ketones is 1. The van der Waals surface area contributed by atoms with E-state index in [0.29, 0.717) is 5.56 Å². The standard InChI is InChI=1S/C18H20O3S2/c1-13(19)14-5-9-16(10-6-14)23(20,21)17-11-7-15(8-12-17)22-18(2,3)4/h5-12H,1-4H3. The van der Waals surface area contributed by atoms with Gasteiger partial charge >= 0.3 is 0 Å². The predicted octanol–water partition coefficient (Wildman–Crippen LogP) is 4.61. The average Bonchev–Trinajstić information content (AvgIpc) is 2.46. The highest BCUT2D eigenvalue weighted by molar-refractivity contribution is 8.00. The molecule has 2 rings (SSSR count). The zero-order chi connectivity index (χ0) is 17.3. The summed E-state index contributed by atoms with van der Waals surface area (Å²) >= 11 is 1.69. The van der Waals surface area contributed by atoms with Gasteiger partial charge in [-0.3, -0.25) is 4.79 Å². The van der Waals surface area contributed by atoms with Gasteiger partial charge in [-0.05, 0) is 43.3 Å². The van der Waals surface area contributed by atoms with Crippen molar-refractivity contribution in [2.24, 2.45) is 0 Å². The van der Waals surface area contributed by atoms with E-state index in [-0.39, 0.29) is 20.3 Å². The molecule has 0 spiro atoms. The van der Waals surface area contributed by atoms with E-state index in [1.807, 2.05) is 12.1 Å². The third-order valence-electron chi connectivity index (χ3n) is 3.13. The van der Waals surface area contributed by atoms with Gasteiger partial charge < -0.3 is 0 Å². The van der Waals surface area contributed by atoms with Crippen LogP contribution in [0.25, 0.3) is 0 Å². The molecule has 0 aliphatic carbocycles. The Bertz CT molecular complexity index is 797. The van der Waals surface area contributed by atoms with Gasteiger partial charge in [-0.1, -0.05) is 32.9 Å². The van der Waals surface area contributed by atoms with Crippen LogP contribution < -0.4 is 0 Å². The summed E-state index contributed by atoms with van der Waals surface area (Å²) in [6.45, 7) is 7.78. The lowest BCUT2D eigenvalue weighted by atomic mass is 10.2. The monoisotopic (exact) mass is 348 g/mol. The van der Waals surface area contributed by atoms with Crippen molar-refractivity contribution >= 4 is 27.4 Å². The number of rotatable bonds is 4. The minimum atomic E-state index is -3.56. The summed E-state index contributed by atoms with van der Waals surface area (Å²) in [6, 6.07) is 12.9. The number of carbonyl (C=O) groups is 1. The fourth-order valence-corrected chi connectivity index (χ4v) is 4.29. The molecule has 2 aromatic carbocycles. The number of thioether (sulfide) groups is 1. The summed E-state index contributed by atoms with van der Waals surface area (Å²) < 4.78 is 25.3. The Morgan fingerprint density at radius 2 is 1.30 bits per heavy atom. The van der Waals surface area contributed by atoms with Crippen molar-refractivity contribution in [3.63, 3.8) is 0 Å². The Kier molecular flexibility index (Phi) is 5.01. The molecule has 0 aromatic heterocycles. The smallest absolute Gasteiger partial charge is 0.206 e. The van der Waals surface area contributed by atoms with E-state index in [2.05, 4.69) is 20.8 Å². The van der Waals surface area contributed by atoms with Gasteiger partial charge in [-0.25, -0.2) is 8.42 Å². The lowest BCUT2D eigenvalue weighted by Crippen LogP contribution is -2.07. The van der Waals surface area contributed by atoms with E-state index >= 15 is 0 Å². The molecule has 122 valence electrons. The van der Waals surface area contributed by atoms with E-state index in [1.165, 1.54) is 19.1 Å². The van der Waals surface area contributed by atoms with Crippen LogP contribution in [0, 0.1) is 0 Å². The van der Waals surface area contributed by atoms with Gasteiger partial charge in [0.05, 0.1) is 9.79 Å². The minimum Gasteiger partial charge on any atom is -0.295 e. The Hall–Kier alpha value is -1.59. The summed E-state index contributed by atoms with van der Waals surface area (Å²) in [5.74, 6) is -0.0856. The van der Waals surface area contributed by atoms with Gasteiger partial charge in [0, 0.05) is 15.2 Å². The van der Waals surface area contributed by atoms with Gasteiger partial charge in [0.25, 0.3) is 0 Å². The van der Waals surface area contributed by atoms with Crippen LogP contribution in [0.5, 0.6) is 0 Å². The molecule has 0 unspecified atom stereocenters. The molecule has 0 bridgehead atoms. The first kappa shape index (κ1) is 17.8. The maximum Gasteiger partial charge on any atom is 0.206 e. The van der Waals surface area contributed by atoms with Crippen LogP contribution in [0.2, 0.25) is 0 Å². The lowest BCUT2D eigenvalue weighted by molar-refractivity contribution is 0.101. The third kappa shape index (κ3) is 4.45. The summed E-state index contributed by atoms with van der Waals surface area (Å²) in [5, 5.41) is 0. The number of carbonyl (C=O) groups excluding carboxylic acids is 1. The molecule has 0 aliphatic heterocycles. The Morgan fingerprint density at radius 3 is 1.70 bits per heavy atom. The fraction of sp³-hybridized carbons (Fsp3) is 0.278. The van der Waals surface area contributed by atoms with Crippen LogP contribution >= 0.6 is 11.8 Å². The molecule has 0 fully saturated rings. The minimum absolute atomic E-state index is 0.0723. The van der Waals surface area contributed by atoms with Gasteiger partial charge in [-0.15, -0.1) is 11.8 Å². The first-order chi connectivity index (χ1) is 10.6. The second-order valence-corrected chi connectivity index (χ2v) is 10.1. The molecule has 3 nitrogen and oxygen atoms in total. The summed E-state index contributed by atoms with van der Waals surface area (Å²) in [4.78, 5) is 12.8. The zero-order valence-electron chi connectivity index (χ0n) is 13.7. The molecule has 0 amide bonds. The zero-order valence-corrected chi connectivity index (χ0v) is 15.3. The largest absolute Gasteiger partial charge is 0.295 e. The van der Waals surface area contributed by atoms with Gasteiger partial charge in [0.2, 0.25) is 9.84 Å². The highest BCUT2D eigenvalue weighted by Crippen LogP contribution is 2.32. The van der Waals surface area contributed by atoms with E-state index in [0.717, 1.165) is 4.90 Å².